The minimum absolute atomic E-state index is 0.0433. The second-order valence-corrected chi connectivity index (χ2v) is 4.88. The fourth-order valence-corrected chi connectivity index (χ4v) is 1.59. The summed E-state index contributed by atoms with van der Waals surface area (Å²) in [5.41, 5.74) is 5.74. The summed E-state index contributed by atoms with van der Waals surface area (Å²) in [6.07, 6.45) is 1.03. The second kappa shape index (κ2) is 7.63. The van der Waals surface area contributed by atoms with Crippen LogP contribution in [0.25, 0.3) is 0 Å². The number of hydrogen-bond acceptors (Lipinski definition) is 4. The van der Waals surface area contributed by atoms with Crippen molar-refractivity contribution in [1.82, 2.24) is 4.90 Å². The van der Waals surface area contributed by atoms with Crippen molar-refractivity contribution in [1.29, 1.82) is 0 Å². The van der Waals surface area contributed by atoms with Gasteiger partial charge in [0, 0.05) is 6.54 Å². The predicted octanol–water partition coefficient (Wildman–Crippen LogP) is 1.25. The van der Waals surface area contributed by atoms with Gasteiger partial charge in [-0.25, -0.2) is 0 Å². The molecule has 0 aromatic carbocycles. The molecular weight excluding hydrogens is 204 g/mol. The average molecular weight is 230 g/mol. The average Bonchev–Trinajstić information content (AvgIpc) is 2.17. The van der Waals surface area contributed by atoms with Gasteiger partial charge in [0.25, 0.3) is 0 Å². The summed E-state index contributed by atoms with van der Waals surface area (Å²) in [5, 5.41) is 0. The molecule has 0 aromatic heterocycles. The highest BCUT2D eigenvalue weighted by Gasteiger charge is 2.21. The van der Waals surface area contributed by atoms with Gasteiger partial charge in [-0.3, -0.25) is 9.69 Å². The molecule has 0 atom stereocenters. The molecule has 0 aliphatic heterocycles. The van der Waals surface area contributed by atoms with Gasteiger partial charge >= 0.3 is 5.97 Å². The molecule has 16 heavy (non-hydrogen) atoms. The van der Waals surface area contributed by atoms with Crippen LogP contribution in [-0.4, -0.2) is 43.7 Å². The lowest BCUT2D eigenvalue weighted by molar-refractivity contribution is -0.144. The molecule has 0 heterocycles. The number of ether oxygens (including phenoxy) is 1. The smallest absolute Gasteiger partial charge is 0.320 e. The number of rotatable bonds is 8. The summed E-state index contributed by atoms with van der Waals surface area (Å²) >= 11 is 0. The SMILES string of the molecule is CCCN(CC(=O)OCC)CC(C)(C)CN. The Hall–Kier alpha value is -0.610. The van der Waals surface area contributed by atoms with Crippen LogP contribution in [-0.2, 0) is 9.53 Å². The van der Waals surface area contributed by atoms with Crippen molar-refractivity contribution in [3.63, 3.8) is 0 Å². The van der Waals surface area contributed by atoms with Crippen molar-refractivity contribution in [3.05, 3.63) is 0 Å². The van der Waals surface area contributed by atoms with Crippen molar-refractivity contribution < 1.29 is 9.53 Å². The maximum absolute atomic E-state index is 11.4. The molecule has 2 N–H and O–H groups in total. The minimum atomic E-state index is -0.149. The Morgan fingerprint density at radius 3 is 2.44 bits per heavy atom. The van der Waals surface area contributed by atoms with Gasteiger partial charge in [-0.15, -0.1) is 0 Å². The van der Waals surface area contributed by atoms with E-state index in [0.717, 1.165) is 19.5 Å². The molecule has 96 valence electrons. The zero-order valence-electron chi connectivity index (χ0n) is 11.1. The lowest BCUT2D eigenvalue weighted by Gasteiger charge is -2.30. The van der Waals surface area contributed by atoms with Crippen LogP contribution in [0.1, 0.15) is 34.1 Å². The Morgan fingerprint density at radius 1 is 1.38 bits per heavy atom. The zero-order valence-corrected chi connectivity index (χ0v) is 11.1. The Labute approximate surface area is 99.1 Å². The molecule has 0 aromatic rings. The van der Waals surface area contributed by atoms with E-state index in [-0.39, 0.29) is 11.4 Å². The van der Waals surface area contributed by atoms with Crippen molar-refractivity contribution in [3.8, 4) is 0 Å². The van der Waals surface area contributed by atoms with Crippen LogP contribution in [0.4, 0.5) is 0 Å². The van der Waals surface area contributed by atoms with E-state index in [9.17, 15) is 4.79 Å². The molecule has 0 amide bonds. The summed E-state index contributed by atoms with van der Waals surface area (Å²) in [6.45, 7) is 11.3. The van der Waals surface area contributed by atoms with Crippen LogP contribution in [0.15, 0.2) is 0 Å². The number of carbonyl (C=O) groups excluding carboxylic acids is 1. The normalized spacial score (nSPS) is 11.9. The Balaban J connectivity index is 4.21. The maximum atomic E-state index is 11.4. The molecule has 0 radical (unpaired) electrons. The molecule has 4 nitrogen and oxygen atoms in total. The van der Waals surface area contributed by atoms with E-state index < -0.39 is 0 Å². The molecule has 0 rings (SSSR count). The minimum Gasteiger partial charge on any atom is -0.465 e. The van der Waals surface area contributed by atoms with Crippen LogP contribution in [0.2, 0.25) is 0 Å². The number of esters is 1. The fraction of sp³-hybridized carbons (Fsp3) is 0.917. The largest absolute Gasteiger partial charge is 0.465 e. The highest BCUT2D eigenvalue weighted by molar-refractivity contribution is 5.71. The van der Waals surface area contributed by atoms with Crippen LogP contribution in [0.3, 0.4) is 0 Å². The third-order valence-electron chi connectivity index (χ3n) is 2.40. The van der Waals surface area contributed by atoms with Crippen LogP contribution >= 0.6 is 0 Å². The van der Waals surface area contributed by atoms with Crippen LogP contribution < -0.4 is 5.73 Å². The predicted molar refractivity (Wildman–Crippen MR) is 66.2 cm³/mol. The molecule has 0 saturated carbocycles. The van der Waals surface area contributed by atoms with Gasteiger partial charge < -0.3 is 10.5 Å². The van der Waals surface area contributed by atoms with Gasteiger partial charge in [-0.1, -0.05) is 20.8 Å². The Morgan fingerprint density at radius 2 is 2.00 bits per heavy atom. The Kier molecular flexibility index (Phi) is 7.34. The van der Waals surface area contributed by atoms with E-state index in [2.05, 4.69) is 25.7 Å². The molecule has 0 spiro atoms. The summed E-state index contributed by atoms with van der Waals surface area (Å²) in [4.78, 5) is 13.5. The lowest BCUT2D eigenvalue weighted by atomic mass is 9.93. The monoisotopic (exact) mass is 230 g/mol. The van der Waals surface area contributed by atoms with E-state index >= 15 is 0 Å². The third kappa shape index (κ3) is 6.80. The van der Waals surface area contributed by atoms with E-state index in [1.807, 2.05) is 6.92 Å². The van der Waals surface area contributed by atoms with Crippen LogP contribution in [0, 0.1) is 5.41 Å². The second-order valence-electron chi connectivity index (χ2n) is 4.88. The number of nitrogens with zero attached hydrogens (tertiary/aromatic N) is 1. The molecule has 4 heteroatoms. The van der Waals surface area contributed by atoms with Crippen molar-refractivity contribution in [2.24, 2.45) is 11.1 Å². The summed E-state index contributed by atoms with van der Waals surface area (Å²) in [7, 11) is 0. The fourth-order valence-electron chi connectivity index (χ4n) is 1.59. The highest BCUT2D eigenvalue weighted by atomic mass is 16.5. The maximum Gasteiger partial charge on any atom is 0.320 e. The first-order chi connectivity index (χ1) is 7.45. The quantitative estimate of drug-likeness (QED) is 0.638. The standard InChI is InChI=1S/C12H26N2O2/c1-5-7-14(8-11(15)16-6-2)10-12(3,4)9-13/h5-10,13H2,1-4H3. The number of carbonyl (C=O) groups is 1. The third-order valence-corrected chi connectivity index (χ3v) is 2.40. The van der Waals surface area contributed by atoms with Gasteiger partial charge in [0.2, 0.25) is 0 Å². The van der Waals surface area contributed by atoms with E-state index in [1.165, 1.54) is 0 Å². The summed E-state index contributed by atoms with van der Waals surface area (Å²) in [5.74, 6) is -0.149. The molecular formula is C12H26N2O2. The van der Waals surface area contributed by atoms with Crippen molar-refractivity contribution in [2.75, 3.05) is 32.8 Å². The van der Waals surface area contributed by atoms with E-state index in [4.69, 9.17) is 10.5 Å². The summed E-state index contributed by atoms with van der Waals surface area (Å²) < 4.78 is 4.95. The molecule has 0 aliphatic carbocycles. The topological polar surface area (TPSA) is 55.6 Å². The number of nitrogens with two attached hydrogens (primary N) is 1. The van der Waals surface area contributed by atoms with E-state index in [1.54, 1.807) is 0 Å². The molecule has 0 fully saturated rings. The van der Waals surface area contributed by atoms with Gasteiger partial charge in [-0.2, -0.15) is 0 Å². The highest BCUT2D eigenvalue weighted by Crippen LogP contribution is 2.14. The molecule has 0 unspecified atom stereocenters. The summed E-state index contributed by atoms with van der Waals surface area (Å²) in [6, 6.07) is 0. The zero-order chi connectivity index (χ0) is 12.6. The van der Waals surface area contributed by atoms with Gasteiger partial charge in [-0.05, 0) is 31.8 Å². The van der Waals surface area contributed by atoms with E-state index in [0.29, 0.717) is 19.7 Å². The first-order valence-electron chi connectivity index (χ1n) is 6.03. The molecule has 0 aliphatic rings. The Bertz CT molecular complexity index is 205. The first-order valence-corrected chi connectivity index (χ1v) is 6.03. The van der Waals surface area contributed by atoms with Gasteiger partial charge in [0.05, 0.1) is 13.2 Å². The first kappa shape index (κ1) is 15.4. The number of hydrogen-bond donors (Lipinski definition) is 1. The van der Waals surface area contributed by atoms with Crippen molar-refractivity contribution in [2.45, 2.75) is 34.1 Å². The van der Waals surface area contributed by atoms with Crippen molar-refractivity contribution >= 4 is 5.97 Å². The van der Waals surface area contributed by atoms with Crippen LogP contribution in [0.5, 0.6) is 0 Å². The molecule has 0 saturated heterocycles. The van der Waals surface area contributed by atoms with Gasteiger partial charge in [0.1, 0.15) is 0 Å². The lowest BCUT2D eigenvalue weighted by Crippen LogP contribution is -2.41. The van der Waals surface area contributed by atoms with Gasteiger partial charge in [0.15, 0.2) is 0 Å². The molecule has 0 bridgehead atoms.